The van der Waals surface area contributed by atoms with Gasteiger partial charge in [-0.2, -0.15) is 0 Å². The molecule has 2 atom stereocenters. The maximum Gasteiger partial charge on any atom is 0.264 e. The molecule has 0 saturated carbocycles. The number of carbonyl (C=O) groups is 2. The molecule has 0 aliphatic carbocycles. The van der Waals surface area contributed by atoms with Crippen LogP contribution in [0.2, 0.25) is 5.02 Å². The molecule has 0 unspecified atom stereocenters. The van der Waals surface area contributed by atoms with Crippen molar-refractivity contribution >= 4 is 39.1 Å². The van der Waals surface area contributed by atoms with Crippen LogP contribution in [0, 0.1) is 11.6 Å². The van der Waals surface area contributed by atoms with Crippen LogP contribution >= 0.6 is 11.6 Å². The Morgan fingerprint density at radius 2 is 1.62 bits per heavy atom. The summed E-state index contributed by atoms with van der Waals surface area (Å²) in [6.45, 7) is 4.46. The van der Waals surface area contributed by atoms with Gasteiger partial charge in [-0.1, -0.05) is 48.9 Å². The summed E-state index contributed by atoms with van der Waals surface area (Å²) in [6, 6.07) is 15.1. The van der Waals surface area contributed by atoms with E-state index >= 15 is 0 Å². The molecule has 0 aliphatic rings. The van der Waals surface area contributed by atoms with Crippen molar-refractivity contribution in [2.45, 2.75) is 50.7 Å². The Hall–Kier alpha value is -3.50. The lowest BCUT2D eigenvalue weighted by atomic mass is 10.1. The zero-order chi connectivity index (χ0) is 28.7. The third-order valence-corrected chi connectivity index (χ3v) is 8.31. The molecule has 208 valence electrons. The monoisotopic (exact) mass is 577 g/mol. The lowest BCUT2D eigenvalue weighted by molar-refractivity contribution is -0.139. The van der Waals surface area contributed by atoms with Crippen LogP contribution < -0.4 is 9.62 Å². The molecule has 3 rings (SSSR count). The molecule has 0 fully saturated rings. The number of rotatable bonds is 11. The molecule has 0 heterocycles. The van der Waals surface area contributed by atoms with Crippen LogP contribution in [0.3, 0.4) is 0 Å². The van der Waals surface area contributed by atoms with Gasteiger partial charge in [-0.15, -0.1) is 0 Å². The minimum absolute atomic E-state index is 0.0305. The highest BCUT2D eigenvalue weighted by atomic mass is 35.5. The van der Waals surface area contributed by atoms with Gasteiger partial charge in [0.25, 0.3) is 10.0 Å². The van der Waals surface area contributed by atoms with Gasteiger partial charge in [0, 0.05) is 12.6 Å². The number of sulfonamides is 1. The molecule has 1 N–H and O–H groups in total. The van der Waals surface area contributed by atoms with Gasteiger partial charge >= 0.3 is 0 Å². The van der Waals surface area contributed by atoms with E-state index in [9.17, 15) is 26.8 Å². The van der Waals surface area contributed by atoms with Crippen molar-refractivity contribution in [3.63, 3.8) is 0 Å². The van der Waals surface area contributed by atoms with Crippen molar-refractivity contribution in [1.82, 2.24) is 10.2 Å². The normalized spacial score (nSPS) is 12.9. The number of hydrogen-bond acceptors (Lipinski definition) is 4. The molecule has 3 aromatic carbocycles. The fraction of sp³-hybridized carbons (Fsp3) is 0.286. The first-order chi connectivity index (χ1) is 18.4. The molecule has 11 heteroatoms. The molecule has 3 aromatic rings. The average Bonchev–Trinajstić information content (AvgIpc) is 2.92. The van der Waals surface area contributed by atoms with Gasteiger partial charge in [-0.25, -0.2) is 17.2 Å². The Bertz CT molecular complexity index is 1410. The second-order valence-corrected chi connectivity index (χ2v) is 11.3. The molecule has 0 aliphatic heterocycles. The quantitative estimate of drug-likeness (QED) is 0.342. The van der Waals surface area contributed by atoms with Gasteiger partial charge in [-0.3, -0.25) is 13.9 Å². The van der Waals surface area contributed by atoms with Gasteiger partial charge < -0.3 is 10.2 Å². The van der Waals surface area contributed by atoms with Gasteiger partial charge in [0.2, 0.25) is 11.8 Å². The minimum atomic E-state index is -4.31. The molecule has 0 spiro atoms. The highest BCUT2D eigenvalue weighted by Crippen LogP contribution is 2.28. The Kier molecular flexibility index (Phi) is 10.0. The van der Waals surface area contributed by atoms with Gasteiger partial charge in [0.1, 0.15) is 24.2 Å². The molecular weight excluding hydrogens is 548 g/mol. The van der Waals surface area contributed by atoms with E-state index in [0.717, 1.165) is 16.4 Å². The fourth-order valence-corrected chi connectivity index (χ4v) is 5.33. The van der Waals surface area contributed by atoms with Crippen molar-refractivity contribution in [3.05, 3.63) is 95.0 Å². The number of benzene rings is 3. The average molecular weight is 578 g/mol. The van der Waals surface area contributed by atoms with Crippen LogP contribution in [0.1, 0.15) is 32.8 Å². The lowest BCUT2D eigenvalue weighted by Crippen LogP contribution is -2.52. The SMILES string of the molecule is CC[C@H](C)NC(=O)[C@H](C)N(Cc1ccc(F)cc1)C(=O)CN(c1ccc(F)c(Cl)c1)S(=O)(=O)c1ccccc1. The second kappa shape index (κ2) is 13.0. The molecular formula is C28H30ClF2N3O4S. The summed E-state index contributed by atoms with van der Waals surface area (Å²) >= 11 is 5.95. The first kappa shape index (κ1) is 30.0. The van der Waals surface area contributed by atoms with Crippen LogP contribution in [0.4, 0.5) is 14.5 Å². The summed E-state index contributed by atoms with van der Waals surface area (Å²) in [7, 11) is -4.31. The number of anilines is 1. The summed E-state index contributed by atoms with van der Waals surface area (Å²) in [4.78, 5) is 27.9. The van der Waals surface area contributed by atoms with Crippen LogP contribution in [-0.2, 0) is 26.2 Å². The maximum absolute atomic E-state index is 13.9. The smallest absolute Gasteiger partial charge is 0.264 e. The maximum atomic E-state index is 13.9. The number of halogens is 3. The zero-order valence-corrected chi connectivity index (χ0v) is 23.3. The van der Waals surface area contributed by atoms with E-state index in [1.54, 1.807) is 6.07 Å². The molecule has 7 nitrogen and oxygen atoms in total. The van der Waals surface area contributed by atoms with E-state index in [-0.39, 0.29) is 28.2 Å². The number of nitrogens with zero attached hydrogens (tertiary/aromatic N) is 2. The molecule has 0 aromatic heterocycles. The number of amides is 2. The zero-order valence-electron chi connectivity index (χ0n) is 21.8. The predicted octanol–water partition coefficient (Wildman–Crippen LogP) is 5.15. The second-order valence-electron chi connectivity index (χ2n) is 9.07. The Morgan fingerprint density at radius 3 is 2.21 bits per heavy atom. The molecule has 0 saturated heterocycles. The van der Waals surface area contributed by atoms with Gasteiger partial charge in [0.15, 0.2) is 0 Å². The van der Waals surface area contributed by atoms with E-state index in [2.05, 4.69) is 5.32 Å². The molecule has 39 heavy (non-hydrogen) atoms. The summed E-state index contributed by atoms with van der Waals surface area (Å²) in [5.41, 5.74) is 0.507. The van der Waals surface area contributed by atoms with E-state index in [0.29, 0.717) is 12.0 Å². The van der Waals surface area contributed by atoms with E-state index in [4.69, 9.17) is 11.6 Å². The van der Waals surface area contributed by atoms with Crippen molar-refractivity contribution in [2.24, 2.45) is 0 Å². The van der Waals surface area contributed by atoms with E-state index < -0.39 is 46.1 Å². The van der Waals surface area contributed by atoms with Crippen LogP contribution in [-0.4, -0.2) is 43.8 Å². The number of nitrogens with one attached hydrogen (secondary N) is 1. The Labute approximate surface area is 232 Å². The van der Waals surface area contributed by atoms with E-state index in [1.165, 1.54) is 66.4 Å². The highest BCUT2D eigenvalue weighted by Gasteiger charge is 2.33. The Morgan fingerprint density at radius 1 is 0.974 bits per heavy atom. The first-order valence-corrected chi connectivity index (χ1v) is 14.1. The summed E-state index contributed by atoms with van der Waals surface area (Å²) in [6.07, 6.45) is 0.665. The number of hydrogen-bond donors (Lipinski definition) is 1. The van der Waals surface area contributed by atoms with Crippen LogP contribution in [0.15, 0.2) is 77.7 Å². The van der Waals surface area contributed by atoms with Crippen molar-refractivity contribution in [3.8, 4) is 0 Å². The van der Waals surface area contributed by atoms with Crippen molar-refractivity contribution < 1.29 is 26.8 Å². The topological polar surface area (TPSA) is 86.8 Å². The predicted molar refractivity (Wildman–Crippen MR) is 147 cm³/mol. The van der Waals surface area contributed by atoms with Crippen molar-refractivity contribution in [2.75, 3.05) is 10.8 Å². The van der Waals surface area contributed by atoms with Gasteiger partial charge in [0.05, 0.1) is 15.6 Å². The highest BCUT2D eigenvalue weighted by molar-refractivity contribution is 7.92. The van der Waals surface area contributed by atoms with Crippen LogP contribution in [0.25, 0.3) is 0 Å². The van der Waals surface area contributed by atoms with Gasteiger partial charge in [-0.05, 0) is 68.3 Å². The summed E-state index contributed by atoms with van der Waals surface area (Å²) in [5, 5.41) is 2.51. The lowest BCUT2D eigenvalue weighted by Gasteiger charge is -2.32. The van der Waals surface area contributed by atoms with Crippen LogP contribution in [0.5, 0.6) is 0 Å². The third kappa shape index (κ3) is 7.54. The van der Waals surface area contributed by atoms with Crippen molar-refractivity contribution in [1.29, 1.82) is 0 Å². The third-order valence-electron chi connectivity index (χ3n) is 6.24. The number of carbonyl (C=O) groups excluding carboxylic acids is 2. The largest absolute Gasteiger partial charge is 0.352 e. The molecule has 0 radical (unpaired) electrons. The molecule has 2 amide bonds. The molecule has 0 bridgehead atoms. The first-order valence-electron chi connectivity index (χ1n) is 12.3. The van der Waals surface area contributed by atoms with E-state index in [1.807, 2.05) is 13.8 Å². The Balaban J connectivity index is 2.03. The fourth-order valence-electron chi connectivity index (χ4n) is 3.72. The standard InChI is InChI=1S/C28H30ClF2N3O4S/c1-4-19(2)32-28(36)20(3)33(17-21-10-12-22(30)13-11-21)27(35)18-34(23-14-15-26(31)25(29)16-23)39(37,38)24-8-6-5-7-9-24/h5-16,19-20H,4,17-18H2,1-3H3,(H,32,36)/t19-,20-/m0/s1. The summed E-state index contributed by atoms with van der Waals surface area (Å²) in [5.74, 6) is -2.35. The summed E-state index contributed by atoms with van der Waals surface area (Å²) < 4.78 is 55.6. The minimum Gasteiger partial charge on any atom is -0.352 e.